The standard InChI is InChI=1S/C26H31ClN6O/c1-17(2)11-14-22-23(27)33(26(3,4)5)25(34)32(22)16-18-12-13-20(19-9-7-6-8-10-19)21(15-18)24-28-30-31-29-24/h6-10,12-13,15,17H,11,14,16H2,1-5H3,(H,28,29,30,31). The highest BCUT2D eigenvalue weighted by molar-refractivity contribution is 6.30. The molecule has 0 amide bonds. The summed E-state index contributed by atoms with van der Waals surface area (Å²) in [6.45, 7) is 10.8. The Morgan fingerprint density at radius 2 is 1.79 bits per heavy atom. The Balaban J connectivity index is 1.81. The van der Waals surface area contributed by atoms with Crippen LogP contribution in [0.5, 0.6) is 0 Å². The number of H-pyrrole nitrogens is 1. The van der Waals surface area contributed by atoms with Gasteiger partial charge in [-0.2, -0.15) is 5.21 Å². The Morgan fingerprint density at radius 3 is 2.41 bits per heavy atom. The first-order valence-corrected chi connectivity index (χ1v) is 12.0. The number of tetrazole rings is 1. The van der Waals surface area contributed by atoms with Gasteiger partial charge in [-0.1, -0.05) is 67.9 Å². The molecule has 4 rings (SSSR count). The molecule has 2 aromatic heterocycles. The van der Waals surface area contributed by atoms with E-state index in [0.717, 1.165) is 40.8 Å². The van der Waals surface area contributed by atoms with Crippen LogP contribution in [0.2, 0.25) is 5.15 Å². The highest BCUT2D eigenvalue weighted by Gasteiger charge is 2.26. The summed E-state index contributed by atoms with van der Waals surface area (Å²) in [5, 5.41) is 15.2. The number of nitrogens with one attached hydrogen (secondary N) is 1. The molecule has 0 spiro atoms. The Labute approximate surface area is 204 Å². The van der Waals surface area contributed by atoms with Crippen molar-refractivity contribution >= 4 is 11.6 Å². The third kappa shape index (κ3) is 4.85. The van der Waals surface area contributed by atoms with Crippen molar-refractivity contribution in [3.63, 3.8) is 0 Å². The van der Waals surface area contributed by atoms with Crippen LogP contribution in [0.3, 0.4) is 0 Å². The maximum Gasteiger partial charge on any atom is 0.330 e. The highest BCUT2D eigenvalue weighted by Crippen LogP contribution is 2.32. The van der Waals surface area contributed by atoms with E-state index in [4.69, 9.17) is 11.6 Å². The van der Waals surface area contributed by atoms with Gasteiger partial charge in [0.05, 0.1) is 12.2 Å². The second-order valence-electron chi connectivity index (χ2n) is 10.0. The van der Waals surface area contributed by atoms with E-state index < -0.39 is 5.54 Å². The van der Waals surface area contributed by atoms with Crippen LogP contribution in [0.15, 0.2) is 53.3 Å². The zero-order valence-corrected chi connectivity index (χ0v) is 21.1. The lowest BCUT2D eigenvalue weighted by Gasteiger charge is -2.20. The van der Waals surface area contributed by atoms with Gasteiger partial charge >= 0.3 is 5.69 Å². The van der Waals surface area contributed by atoms with Crippen molar-refractivity contribution < 1.29 is 0 Å². The predicted octanol–water partition coefficient (Wildman–Crippen LogP) is 5.54. The summed E-state index contributed by atoms with van der Waals surface area (Å²) in [5.74, 6) is 1.02. The maximum atomic E-state index is 13.5. The molecule has 0 aliphatic heterocycles. The summed E-state index contributed by atoms with van der Waals surface area (Å²) >= 11 is 6.80. The Bertz CT molecular complexity index is 1310. The fourth-order valence-electron chi connectivity index (χ4n) is 4.17. The van der Waals surface area contributed by atoms with Gasteiger partial charge in [-0.25, -0.2) is 4.79 Å². The van der Waals surface area contributed by atoms with E-state index >= 15 is 0 Å². The molecule has 0 bridgehead atoms. The van der Waals surface area contributed by atoms with Crippen molar-refractivity contribution in [3.05, 3.63) is 75.4 Å². The van der Waals surface area contributed by atoms with Crippen LogP contribution in [0.25, 0.3) is 22.5 Å². The molecule has 0 radical (unpaired) electrons. The molecule has 8 heteroatoms. The van der Waals surface area contributed by atoms with Gasteiger partial charge in [0.15, 0.2) is 0 Å². The number of nitrogens with zero attached hydrogens (tertiary/aromatic N) is 5. The molecule has 0 aliphatic carbocycles. The third-order valence-electron chi connectivity index (χ3n) is 5.91. The smallest absolute Gasteiger partial charge is 0.290 e. The number of halogens is 1. The Morgan fingerprint density at radius 1 is 1.06 bits per heavy atom. The van der Waals surface area contributed by atoms with Crippen LogP contribution in [0.4, 0.5) is 0 Å². The van der Waals surface area contributed by atoms with Crippen LogP contribution in [-0.2, 0) is 18.5 Å². The lowest BCUT2D eigenvalue weighted by molar-refractivity contribution is 0.380. The molecule has 0 fully saturated rings. The van der Waals surface area contributed by atoms with Crippen LogP contribution in [0, 0.1) is 5.92 Å². The average Bonchev–Trinajstić information content (AvgIpc) is 3.40. The molecule has 7 nitrogen and oxygen atoms in total. The first kappa shape index (κ1) is 24.0. The minimum absolute atomic E-state index is 0.0931. The van der Waals surface area contributed by atoms with Gasteiger partial charge in [-0.05, 0) is 67.5 Å². The van der Waals surface area contributed by atoms with Crippen molar-refractivity contribution in [1.82, 2.24) is 29.8 Å². The van der Waals surface area contributed by atoms with Gasteiger partial charge in [-0.3, -0.25) is 9.13 Å². The van der Waals surface area contributed by atoms with Gasteiger partial charge < -0.3 is 0 Å². The minimum atomic E-state index is -0.418. The van der Waals surface area contributed by atoms with Crippen molar-refractivity contribution in [2.45, 2.75) is 59.5 Å². The molecule has 2 aromatic carbocycles. The fourth-order valence-corrected chi connectivity index (χ4v) is 4.69. The van der Waals surface area contributed by atoms with E-state index in [1.54, 1.807) is 4.57 Å². The van der Waals surface area contributed by atoms with E-state index in [9.17, 15) is 4.79 Å². The SMILES string of the molecule is CC(C)CCc1c(Cl)n(C(C)(C)C)c(=O)n1Cc1ccc(-c2ccccc2)c(-c2nn[nH]n2)c1. The first-order valence-electron chi connectivity index (χ1n) is 11.6. The van der Waals surface area contributed by atoms with Crippen LogP contribution in [-0.4, -0.2) is 29.8 Å². The molecule has 0 atom stereocenters. The summed E-state index contributed by atoms with van der Waals surface area (Å²) in [6.07, 6.45) is 1.70. The normalized spacial score (nSPS) is 12.0. The second-order valence-corrected chi connectivity index (χ2v) is 10.4. The number of imidazole rings is 1. The molecule has 0 saturated heterocycles. The summed E-state index contributed by atoms with van der Waals surface area (Å²) in [7, 11) is 0. The summed E-state index contributed by atoms with van der Waals surface area (Å²) in [6, 6.07) is 16.2. The lowest BCUT2D eigenvalue weighted by atomic mass is 9.97. The quantitative estimate of drug-likeness (QED) is 0.378. The second kappa shape index (κ2) is 9.58. The topological polar surface area (TPSA) is 81.4 Å². The molecule has 2 heterocycles. The zero-order chi connectivity index (χ0) is 24.5. The van der Waals surface area contributed by atoms with Crippen molar-refractivity contribution in [1.29, 1.82) is 0 Å². The zero-order valence-electron chi connectivity index (χ0n) is 20.3. The fraction of sp³-hybridized carbons (Fsp3) is 0.385. The number of hydrogen-bond acceptors (Lipinski definition) is 4. The van der Waals surface area contributed by atoms with Crippen molar-refractivity contribution in [2.24, 2.45) is 5.92 Å². The molecule has 0 aliphatic rings. The minimum Gasteiger partial charge on any atom is -0.290 e. The number of rotatable bonds is 7. The Hall–Kier alpha value is -3.19. The first-order chi connectivity index (χ1) is 16.2. The molecule has 178 valence electrons. The average molecular weight is 479 g/mol. The largest absolute Gasteiger partial charge is 0.330 e. The maximum absolute atomic E-state index is 13.5. The van der Waals surface area contributed by atoms with Crippen LogP contribution >= 0.6 is 11.6 Å². The predicted molar refractivity (Wildman–Crippen MR) is 136 cm³/mol. The van der Waals surface area contributed by atoms with Gasteiger partial charge in [0.2, 0.25) is 5.82 Å². The molecular formula is C26H31ClN6O. The monoisotopic (exact) mass is 478 g/mol. The van der Waals surface area contributed by atoms with Crippen LogP contribution < -0.4 is 5.69 Å². The summed E-state index contributed by atoms with van der Waals surface area (Å²) < 4.78 is 3.51. The van der Waals surface area contributed by atoms with Crippen molar-refractivity contribution in [3.8, 4) is 22.5 Å². The molecule has 0 saturated carbocycles. The summed E-state index contributed by atoms with van der Waals surface area (Å²) in [4.78, 5) is 13.5. The van der Waals surface area contributed by atoms with Gasteiger partial charge in [0.25, 0.3) is 0 Å². The van der Waals surface area contributed by atoms with E-state index in [-0.39, 0.29) is 5.69 Å². The number of benzene rings is 2. The van der Waals surface area contributed by atoms with Crippen LogP contribution in [0.1, 0.15) is 52.3 Å². The van der Waals surface area contributed by atoms with Gasteiger partial charge in [0, 0.05) is 11.1 Å². The molecular weight excluding hydrogens is 448 g/mol. The molecule has 4 aromatic rings. The molecule has 34 heavy (non-hydrogen) atoms. The number of aromatic nitrogens is 6. The Kier molecular flexibility index (Phi) is 6.75. The number of hydrogen-bond donors (Lipinski definition) is 1. The van der Waals surface area contributed by atoms with E-state index in [2.05, 4.69) is 52.7 Å². The lowest BCUT2D eigenvalue weighted by Crippen LogP contribution is -2.35. The number of aromatic amines is 1. The molecule has 1 N–H and O–H groups in total. The van der Waals surface area contributed by atoms with Crippen molar-refractivity contribution in [2.75, 3.05) is 0 Å². The summed E-state index contributed by atoms with van der Waals surface area (Å²) in [5.41, 5.74) is 4.26. The van der Waals surface area contributed by atoms with Gasteiger partial charge in [-0.15, -0.1) is 10.2 Å². The van der Waals surface area contributed by atoms with E-state index in [1.807, 2.05) is 55.7 Å². The van der Waals surface area contributed by atoms with E-state index in [0.29, 0.717) is 23.4 Å². The third-order valence-corrected chi connectivity index (χ3v) is 6.29. The highest BCUT2D eigenvalue weighted by atomic mass is 35.5. The van der Waals surface area contributed by atoms with Gasteiger partial charge in [0.1, 0.15) is 5.15 Å². The van der Waals surface area contributed by atoms with E-state index in [1.165, 1.54) is 0 Å². The molecule has 0 unspecified atom stereocenters.